The maximum Gasteiger partial charge on any atom is 0.154 e. The van der Waals surface area contributed by atoms with Crippen molar-refractivity contribution in [2.24, 2.45) is 11.7 Å². The van der Waals surface area contributed by atoms with Gasteiger partial charge in [0.2, 0.25) is 0 Å². The molecule has 0 amide bonds. The monoisotopic (exact) mass is 207 g/mol. The minimum atomic E-state index is 0.494. The quantitative estimate of drug-likeness (QED) is 0.792. The van der Waals surface area contributed by atoms with Gasteiger partial charge < -0.3 is 10.5 Å². The normalized spacial score (nSPS) is 20.0. The zero-order valence-corrected chi connectivity index (χ0v) is 9.07. The Labute approximate surface area is 89.9 Å². The minimum Gasteiger partial charge on any atom is -0.377 e. The van der Waals surface area contributed by atoms with Gasteiger partial charge in [0.15, 0.2) is 5.82 Å². The first kappa shape index (κ1) is 10.5. The number of methoxy groups -OCH3 is 1. The number of rotatable bonds is 3. The van der Waals surface area contributed by atoms with E-state index in [0.29, 0.717) is 12.5 Å². The van der Waals surface area contributed by atoms with E-state index in [2.05, 4.69) is 9.97 Å². The largest absolute Gasteiger partial charge is 0.377 e. The smallest absolute Gasteiger partial charge is 0.154 e. The fraction of sp³-hybridized carbons (Fsp3) is 0.636. The number of hydrogen-bond acceptors (Lipinski definition) is 4. The molecule has 0 radical (unpaired) electrons. The lowest BCUT2D eigenvalue weighted by atomic mass is 9.87. The molecule has 1 aromatic heterocycles. The second-order valence-electron chi connectivity index (χ2n) is 4.04. The molecular weight excluding hydrogens is 190 g/mol. The summed E-state index contributed by atoms with van der Waals surface area (Å²) in [5.41, 5.74) is 8.12. The van der Waals surface area contributed by atoms with Crippen LogP contribution in [0.15, 0.2) is 6.20 Å². The van der Waals surface area contributed by atoms with Crippen LogP contribution in [0.1, 0.15) is 23.5 Å². The highest BCUT2D eigenvalue weighted by atomic mass is 16.5. The molecule has 2 N–H and O–H groups in total. The maximum absolute atomic E-state index is 5.68. The van der Waals surface area contributed by atoms with Crippen LogP contribution in [0.3, 0.4) is 0 Å². The van der Waals surface area contributed by atoms with E-state index in [4.69, 9.17) is 10.5 Å². The van der Waals surface area contributed by atoms with Crippen molar-refractivity contribution in [3.05, 3.63) is 23.3 Å². The molecule has 15 heavy (non-hydrogen) atoms. The van der Waals surface area contributed by atoms with E-state index in [1.54, 1.807) is 7.11 Å². The molecule has 1 aromatic rings. The molecule has 1 aliphatic carbocycles. The highest BCUT2D eigenvalue weighted by Gasteiger charge is 2.19. The Kier molecular flexibility index (Phi) is 3.28. The van der Waals surface area contributed by atoms with Crippen LogP contribution in [0, 0.1) is 5.92 Å². The van der Waals surface area contributed by atoms with Gasteiger partial charge in [0.1, 0.15) is 6.61 Å². The van der Waals surface area contributed by atoms with Gasteiger partial charge in [0.05, 0.1) is 0 Å². The Morgan fingerprint density at radius 3 is 3.20 bits per heavy atom. The van der Waals surface area contributed by atoms with Crippen molar-refractivity contribution in [1.29, 1.82) is 0 Å². The van der Waals surface area contributed by atoms with Crippen molar-refractivity contribution in [3.8, 4) is 0 Å². The molecule has 0 saturated carbocycles. The third kappa shape index (κ3) is 2.33. The van der Waals surface area contributed by atoms with Crippen LogP contribution in [-0.4, -0.2) is 23.6 Å². The van der Waals surface area contributed by atoms with Crippen LogP contribution in [-0.2, 0) is 24.2 Å². The van der Waals surface area contributed by atoms with Crippen LogP contribution in [0.25, 0.3) is 0 Å². The number of ether oxygens (including phenoxy) is 1. The average molecular weight is 207 g/mol. The van der Waals surface area contributed by atoms with E-state index in [0.717, 1.165) is 31.6 Å². The SMILES string of the molecule is COCc1ncc2c(n1)CCC(CN)C2. The number of aryl methyl sites for hydroxylation is 1. The van der Waals surface area contributed by atoms with Crippen molar-refractivity contribution in [2.75, 3.05) is 13.7 Å². The summed E-state index contributed by atoms with van der Waals surface area (Å²) >= 11 is 0. The van der Waals surface area contributed by atoms with Gasteiger partial charge in [-0.3, -0.25) is 0 Å². The Morgan fingerprint density at radius 1 is 1.60 bits per heavy atom. The first-order valence-electron chi connectivity index (χ1n) is 5.36. The van der Waals surface area contributed by atoms with E-state index in [9.17, 15) is 0 Å². The standard InChI is InChI=1S/C11H17N3O/c1-15-7-11-13-6-9-4-8(5-12)2-3-10(9)14-11/h6,8H,2-5,7,12H2,1H3. The first-order chi connectivity index (χ1) is 7.33. The molecule has 1 heterocycles. The number of fused-ring (bicyclic) bond motifs is 1. The lowest BCUT2D eigenvalue weighted by Crippen LogP contribution is -2.23. The van der Waals surface area contributed by atoms with Crippen LogP contribution in [0.5, 0.6) is 0 Å². The molecule has 82 valence electrons. The van der Waals surface area contributed by atoms with Crippen molar-refractivity contribution in [2.45, 2.75) is 25.9 Å². The van der Waals surface area contributed by atoms with Crippen LogP contribution in [0.2, 0.25) is 0 Å². The predicted octanol–water partition coefficient (Wildman–Crippen LogP) is 0.687. The van der Waals surface area contributed by atoms with Crippen LogP contribution >= 0.6 is 0 Å². The first-order valence-corrected chi connectivity index (χ1v) is 5.36. The summed E-state index contributed by atoms with van der Waals surface area (Å²) < 4.78 is 5.02. The zero-order valence-electron chi connectivity index (χ0n) is 9.07. The summed E-state index contributed by atoms with van der Waals surface area (Å²) in [5, 5.41) is 0. The molecule has 4 heteroatoms. The third-order valence-electron chi connectivity index (χ3n) is 2.91. The van der Waals surface area contributed by atoms with Gasteiger partial charge in [0, 0.05) is 19.0 Å². The Bertz CT molecular complexity index is 341. The lowest BCUT2D eigenvalue weighted by molar-refractivity contribution is 0.177. The summed E-state index contributed by atoms with van der Waals surface area (Å²) in [5.74, 6) is 1.39. The highest BCUT2D eigenvalue weighted by molar-refractivity contribution is 5.21. The van der Waals surface area contributed by atoms with Crippen LogP contribution in [0.4, 0.5) is 0 Å². The topological polar surface area (TPSA) is 61.0 Å². The van der Waals surface area contributed by atoms with E-state index in [-0.39, 0.29) is 0 Å². The van der Waals surface area contributed by atoms with Gasteiger partial charge in [-0.2, -0.15) is 0 Å². The highest BCUT2D eigenvalue weighted by Crippen LogP contribution is 2.22. The van der Waals surface area contributed by atoms with Crippen LogP contribution < -0.4 is 5.73 Å². The summed E-state index contributed by atoms with van der Waals surface area (Å²) in [6.07, 6.45) is 5.13. The zero-order chi connectivity index (χ0) is 10.7. The Hall–Kier alpha value is -1.00. The number of aromatic nitrogens is 2. The summed E-state index contributed by atoms with van der Waals surface area (Å²) in [6, 6.07) is 0. The summed E-state index contributed by atoms with van der Waals surface area (Å²) in [4.78, 5) is 8.77. The fourth-order valence-corrected chi connectivity index (χ4v) is 2.02. The maximum atomic E-state index is 5.68. The van der Waals surface area contributed by atoms with Crippen molar-refractivity contribution >= 4 is 0 Å². The number of nitrogens with two attached hydrogens (primary N) is 1. The molecular formula is C11H17N3O. The van der Waals surface area contributed by atoms with Gasteiger partial charge in [-0.25, -0.2) is 9.97 Å². The number of hydrogen-bond donors (Lipinski definition) is 1. The van der Waals surface area contributed by atoms with Gasteiger partial charge >= 0.3 is 0 Å². The van der Waals surface area contributed by atoms with Gasteiger partial charge in [-0.05, 0) is 37.3 Å². The average Bonchev–Trinajstić information content (AvgIpc) is 2.29. The van der Waals surface area contributed by atoms with E-state index < -0.39 is 0 Å². The molecule has 0 aromatic carbocycles. The van der Waals surface area contributed by atoms with Gasteiger partial charge in [-0.15, -0.1) is 0 Å². The van der Waals surface area contributed by atoms with E-state index in [1.807, 2.05) is 6.20 Å². The third-order valence-corrected chi connectivity index (χ3v) is 2.91. The molecule has 0 fully saturated rings. The molecule has 4 nitrogen and oxygen atoms in total. The Morgan fingerprint density at radius 2 is 2.47 bits per heavy atom. The van der Waals surface area contributed by atoms with E-state index in [1.165, 1.54) is 11.3 Å². The number of nitrogens with zero attached hydrogens (tertiary/aromatic N) is 2. The molecule has 0 bridgehead atoms. The molecule has 1 aliphatic rings. The Balaban J connectivity index is 2.17. The van der Waals surface area contributed by atoms with Gasteiger partial charge in [0.25, 0.3) is 0 Å². The van der Waals surface area contributed by atoms with E-state index >= 15 is 0 Å². The molecule has 1 atom stereocenters. The fourth-order valence-electron chi connectivity index (χ4n) is 2.02. The molecule has 0 aliphatic heterocycles. The van der Waals surface area contributed by atoms with Crippen molar-refractivity contribution in [1.82, 2.24) is 9.97 Å². The molecule has 0 saturated heterocycles. The molecule has 2 rings (SSSR count). The van der Waals surface area contributed by atoms with Crippen molar-refractivity contribution < 1.29 is 4.74 Å². The molecule has 1 unspecified atom stereocenters. The summed E-state index contributed by atoms with van der Waals surface area (Å²) in [6.45, 7) is 1.26. The summed E-state index contributed by atoms with van der Waals surface area (Å²) in [7, 11) is 1.66. The second-order valence-corrected chi connectivity index (χ2v) is 4.04. The lowest BCUT2D eigenvalue weighted by Gasteiger charge is -2.22. The van der Waals surface area contributed by atoms with Crippen molar-refractivity contribution in [3.63, 3.8) is 0 Å². The predicted molar refractivity (Wildman–Crippen MR) is 57.3 cm³/mol. The second kappa shape index (κ2) is 4.68. The minimum absolute atomic E-state index is 0.494. The van der Waals surface area contributed by atoms with Gasteiger partial charge in [-0.1, -0.05) is 0 Å². The molecule has 0 spiro atoms.